The molecular weight excluding hydrogens is 475 g/mol. The van der Waals surface area contributed by atoms with Crippen LogP contribution in [-0.2, 0) is 19.9 Å². The van der Waals surface area contributed by atoms with E-state index in [-0.39, 0.29) is 30.4 Å². The monoisotopic (exact) mass is 491 g/mol. The van der Waals surface area contributed by atoms with Gasteiger partial charge in [-0.15, -0.1) is 0 Å². The van der Waals surface area contributed by atoms with Gasteiger partial charge in [0.25, 0.3) is 0 Å². The number of hydrogen-bond acceptors (Lipinski definition) is 7. The zero-order valence-corrected chi connectivity index (χ0v) is 18.4. The second kappa shape index (κ2) is 9.60. The average molecular weight is 492 g/mol. The lowest BCUT2D eigenvalue weighted by molar-refractivity contribution is -0.132. The molecule has 1 unspecified atom stereocenters. The number of benzene rings is 2. The van der Waals surface area contributed by atoms with Crippen molar-refractivity contribution in [2.24, 2.45) is 4.99 Å². The molecule has 0 radical (unpaired) electrons. The van der Waals surface area contributed by atoms with Gasteiger partial charge < -0.3 is 14.3 Å². The van der Waals surface area contributed by atoms with Gasteiger partial charge in [0.05, 0.1) is 5.02 Å². The molecule has 176 valence electrons. The van der Waals surface area contributed by atoms with E-state index in [0.29, 0.717) is 27.3 Å². The number of nitrogens with zero attached hydrogens (tertiary/aromatic N) is 2. The first-order valence-electron chi connectivity index (χ1n) is 9.87. The van der Waals surface area contributed by atoms with Gasteiger partial charge in [-0.05, 0) is 53.9 Å². The van der Waals surface area contributed by atoms with E-state index in [4.69, 9.17) is 16.3 Å². The second-order valence-electron chi connectivity index (χ2n) is 7.33. The lowest BCUT2D eigenvalue weighted by Crippen LogP contribution is -2.27. The maximum Gasteiger partial charge on any atom is 0.387 e. The molecule has 1 N–H and O–H groups in total. The fourth-order valence-electron chi connectivity index (χ4n) is 3.70. The van der Waals surface area contributed by atoms with Gasteiger partial charge in [0.2, 0.25) is 0 Å². The minimum Gasteiger partial charge on any atom is -0.460 e. The van der Waals surface area contributed by atoms with Crippen LogP contribution < -0.4 is 10.2 Å². The topological polar surface area (TPSA) is 82.0 Å². The first kappa shape index (κ1) is 23.4. The predicted octanol–water partition coefficient (Wildman–Crippen LogP) is 4.76. The largest absolute Gasteiger partial charge is 0.460 e. The molecule has 0 saturated heterocycles. The van der Waals surface area contributed by atoms with Crippen molar-refractivity contribution in [3.63, 3.8) is 0 Å². The molecule has 1 atom stereocenters. The molecule has 1 aromatic heterocycles. The first-order valence-corrected chi connectivity index (χ1v) is 10.2. The highest BCUT2D eigenvalue weighted by Gasteiger charge is 2.41. The normalized spacial score (nSPS) is 17.2. The van der Waals surface area contributed by atoms with Gasteiger partial charge in [-0.1, -0.05) is 23.7 Å². The van der Waals surface area contributed by atoms with Gasteiger partial charge in [0.15, 0.2) is 5.54 Å². The van der Waals surface area contributed by atoms with Crippen LogP contribution in [0.5, 0.6) is 5.75 Å². The van der Waals surface area contributed by atoms with Gasteiger partial charge in [-0.3, -0.25) is 9.78 Å². The summed E-state index contributed by atoms with van der Waals surface area (Å²) < 4.78 is 50.3. The summed E-state index contributed by atoms with van der Waals surface area (Å²) in [5, 5.41) is 0.335. The number of halogens is 4. The Morgan fingerprint density at radius 1 is 1.18 bits per heavy atom. The standard InChI is InChI=1S/C23H17ClF3N3O4/c1-13-6-15(3-5-20(13)34-21(26)27)23(11-32-22(29-23)30-33-12-31)16-2-4-19(25)18(8-16)14-7-17(24)10-28-9-14/h2-10,12,21H,11H2,1H3,(H,29,30). The molecule has 3 aromatic rings. The highest BCUT2D eigenvalue weighted by Crippen LogP contribution is 2.41. The Balaban J connectivity index is 1.85. The molecule has 2 aromatic carbocycles. The molecule has 11 heteroatoms. The number of carbonyl (C=O) groups is 1. The number of amidine groups is 1. The van der Waals surface area contributed by atoms with Crippen LogP contribution in [0.2, 0.25) is 5.02 Å². The maximum atomic E-state index is 14.8. The Kier molecular flexibility index (Phi) is 6.60. The van der Waals surface area contributed by atoms with Crippen LogP contribution >= 0.6 is 11.6 Å². The van der Waals surface area contributed by atoms with E-state index in [1.165, 1.54) is 30.6 Å². The lowest BCUT2D eigenvalue weighted by Gasteiger charge is -2.26. The van der Waals surface area contributed by atoms with Crippen LogP contribution in [-0.4, -0.2) is 30.7 Å². The number of carbonyl (C=O) groups excluding carboxylic acids is 1. The summed E-state index contributed by atoms with van der Waals surface area (Å²) in [5.41, 5.74) is 3.23. The average Bonchev–Trinajstić information content (AvgIpc) is 3.24. The lowest BCUT2D eigenvalue weighted by atomic mass is 9.82. The Labute approximate surface area is 197 Å². The number of rotatable bonds is 7. The molecule has 0 aliphatic carbocycles. The van der Waals surface area contributed by atoms with Crippen molar-refractivity contribution < 1.29 is 32.3 Å². The van der Waals surface area contributed by atoms with E-state index in [1.807, 2.05) is 0 Å². The molecule has 0 amide bonds. The van der Waals surface area contributed by atoms with E-state index in [2.05, 4.69) is 25.0 Å². The van der Waals surface area contributed by atoms with E-state index in [9.17, 15) is 18.0 Å². The molecular formula is C23H17ClF3N3O4. The van der Waals surface area contributed by atoms with Crippen LogP contribution in [0.1, 0.15) is 16.7 Å². The summed E-state index contributed by atoms with van der Waals surface area (Å²) in [5.74, 6) is -0.505. The molecule has 1 aliphatic heterocycles. The first-order chi connectivity index (χ1) is 16.3. The van der Waals surface area contributed by atoms with Crippen LogP contribution in [0, 0.1) is 12.7 Å². The van der Waals surface area contributed by atoms with Crippen molar-refractivity contribution in [3.05, 3.63) is 82.4 Å². The summed E-state index contributed by atoms with van der Waals surface area (Å²) in [6, 6.07) is 10.5. The zero-order chi connectivity index (χ0) is 24.3. The van der Waals surface area contributed by atoms with Crippen LogP contribution in [0.15, 0.2) is 59.9 Å². The predicted molar refractivity (Wildman–Crippen MR) is 117 cm³/mol. The highest BCUT2D eigenvalue weighted by atomic mass is 35.5. The Morgan fingerprint density at radius 2 is 1.94 bits per heavy atom. The van der Waals surface area contributed by atoms with Crippen molar-refractivity contribution in [2.45, 2.75) is 19.1 Å². The SMILES string of the molecule is Cc1cc(C2(c3ccc(F)c(-c4cncc(Cl)c4)c3)COC(NOC=O)=N2)ccc1OC(F)F. The molecule has 0 saturated carbocycles. The van der Waals surface area contributed by atoms with Crippen LogP contribution in [0.4, 0.5) is 13.2 Å². The number of aromatic nitrogens is 1. The Morgan fingerprint density at radius 3 is 2.65 bits per heavy atom. The third kappa shape index (κ3) is 4.62. The summed E-state index contributed by atoms with van der Waals surface area (Å²) >= 11 is 6.03. The van der Waals surface area contributed by atoms with Crippen molar-refractivity contribution in [2.75, 3.05) is 6.61 Å². The number of hydrogen-bond donors (Lipinski definition) is 1. The smallest absolute Gasteiger partial charge is 0.387 e. The molecule has 7 nitrogen and oxygen atoms in total. The molecule has 0 fully saturated rings. The zero-order valence-electron chi connectivity index (χ0n) is 17.6. The number of nitrogens with one attached hydrogen (secondary N) is 1. The van der Waals surface area contributed by atoms with E-state index in [1.54, 1.807) is 31.2 Å². The molecule has 2 heterocycles. The van der Waals surface area contributed by atoms with Crippen LogP contribution in [0.25, 0.3) is 11.1 Å². The van der Waals surface area contributed by atoms with E-state index < -0.39 is 18.0 Å². The summed E-state index contributed by atoms with van der Waals surface area (Å²) in [4.78, 5) is 23.7. The van der Waals surface area contributed by atoms with Crippen molar-refractivity contribution in [3.8, 4) is 16.9 Å². The fraction of sp³-hybridized carbons (Fsp3) is 0.174. The van der Waals surface area contributed by atoms with E-state index in [0.717, 1.165) is 0 Å². The molecule has 34 heavy (non-hydrogen) atoms. The fourth-order valence-corrected chi connectivity index (χ4v) is 3.87. The quantitative estimate of drug-likeness (QED) is 0.379. The van der Waals surface area contributed by atoms with Gasteiger partial charge in [0.1, 0.15) is 18.2 Å². The van der Waals surface area contributed by atoms with Crippen molar-refractivity contribution >= 4 is 24.1 Å². The Bertz CT molecular complexity index is 1260. The minimum absolute atomic E-state index is 0.00392. The number of hydroxylamine groups is 1. The Hall–Kier alpha value is -3.79. The van der Waals surface area contributed by atoms with Gasteiger partial charge in [0, 0.05) is 23.5 Å². The summed E-state index contributed by atoms with van der Waals surface area (Å²) in [7, 11) is 0. The van der Waals surface area contributed by atoms with Gasteiger partial charge in [-0.2, -0.15) is 14.3 Å². The van der Waals surface area contributed by atoms with Crippen LogP contribution in [0.3, 0.4) is 0 Å². The third-order valence-corrected chi connectivity index (χ3v) is 5.44. The van der Waals surface area contributed by atoms with E-state index >= 15 is 0 Å². The molecule has 0 bridgehead atoms. The second-order valence-corrected chi connectivity index (χ2v) is 7.76. The van der Waals surface area contributed by atoms with Gasteiger partial charge in [-0.25, -0.2) is 9.38 Å². The molecule has 1 aliphatic rings. The summed E-state index contributed by atoms with van der Waals surface area (Å²) in [6.07, 6.45) is 2.90. The number of alkyl halides is 2. The molecule has 4 rings (SSSR count). The summed E-state index contributed by atoms with van der Waals surface area (Å²) in [6.45, 7) is -1.26. The third-order valence-electron chi connectivity index (χ3n) is 5.23. The maximum absolute atomic E-state index is 14.8. The highest BCUT2D eigenvalue weighted by molar-refractivity contribution is 6.30. The van der Waals surface area contributed by atoms with Gasteiger partial charge >= 0.3 is 19.1 Å². The molecule has 0 spiro atoms. The number of aryl methyl sites for hydroxylation is 1. The number of aliphatic imine (C=N–C) groups is 1. The minimum atomic E-state index is -2.98. The number of pyridine rings is 1. The van der Waals surface area contributed by atoms with Crippen molar-refractivity contribution in [1.82, 2.24) is 10.5 Å². The van der Waals surface area contributed by atoms with Crippen molar-refractivity contribution in [1.29, 1.82) is 0 Å². The number of ether oxygens (including phenoxy) is 2.